The summed E-state index contributed by atoms with van der Waals surface area (Å²) in [6.07, 6.45) is 0. The molecule has 0 aromatic heterocycles. The molecule has 1 aliphatic carbocycles. The highest BCUT2D eigenvalue weighted by Crippen LogP contribution is 2.63. The van der Waals surface area contributed by atoms with Crippen molar-refractivity contribution in [3.63, 3.8) is 0 Å². The Morgan fingerprint density at radius 2 is 1.38 bits per heavy atom. The molecule has 0 bridgehead atoms. The third-order valence-corrected chi connectivity index (χ3v) is 2.76. The molecule has 1 rings (SSSR count). The van der Waals surface area contributed by atoms with Crippen molar-refractivity contribution in [3.8, 4) is 0 Å². The molecule has 0 nitrogen and oxygen atoms in total. The normalized spacial score (nSPS) is 39.4. The van der Waals surface area contributed by atoms with E-state index in [1.165, 1.54) is 0 Å². The molecule has 0 aromatic carbocycles. The summed E-state index contributed by atoms with van der Waals surface area (Å²) >= 11 is 14.9. The average Bonchev–Trinajstić information content (AvgIpc) is 1.88. The average molecular weight is 181 g/mol. The van der Waals surface area contributed by atoms with Crippen LogP contribution >= 0.6 is 34.8 Å². The Kier molecular flexibility index (Phi) is 1.21. The van der Waals surface area contributed by atoms with E-state index in [4.69, 9.17) is 34.8 Å². The van der Waals surface area contributed by atoms with Crippen LogP contribution in [0.1, 0.15) is 0 Å². The van der Waals surface area contributed by atoms with Gasteiger partial charge in [-0.25, -0.2) is 8.78 Å². The molecule has 0 amide bonds. The van der Waals surface area contributed by atoms with E-state index in [-0.39, 0.29) is 0 Å². The third kappa shape index (κ3) is 0.568. The highest BCUT2D eigenvalue weighted by atomic mass is 35.5. The van der Waals surface area contributed by atoms with Crippen LogP contribution in [-0.4, -0.2) is 15.6 Å². The van der Waals surface area contributed by atoms with Crippen molar-refractivity contribution < 1.29 is 8.78 Å². The molecular weight excluding hydrogens is 180 g/mol. The molecule has 0 spiro atoms. The van der Waals surface area contributed by atoms with Gasteiger partial charge in [0.15, 0.2) is 0 Å². The number of hydrogen-bond acceptors (Lipinski definition) is 0. The molecule has 0 saturated heterocycles. The van der Waals surface area contributed by atoms with Crippen LogP contribution in [0.4, 0.5) is 8.78 Å². The van der Waals surface area contributed by atoms with Crippen molar-refractivity contribution in [2.45, 2.75) is 15.6 Å². The monoisotopic (exact) mass is 180 g/mol. The van der Waals surface area contributed by atoms with Gasteiger partial charge in [0, 0.05) is 0 Å². The second kappa shape index (κ2) is 1.41. The molecular formula is C3HCl3F2. The summed E-state index contributed by atoms with van der Waals surface area (Å²) in [4.78, 5) is 0. The van der Waals surface area contributed by atoms with Crippen LogP contribution in [0, 0.1) is 0 Å². The first-order chi connectivity index (χ1) is 3.40. The van der Waals surface area contributed by atoms with Crippen molar-refractivity contribution in [1.29, 1.82) is 0 Å². The number of halogens is 5. The molecule has 0 heterocycles. The van der Waals surface area contributed by atoms with Crippen molar-refractivity contribution >= 4 is 34.8 Å². The minimum atomic E-state index is -3.10. The topological polar surface area (TPSA) is 0 Å². The Labute approximate surface area is 59.7 Å². The van der Waals surface area contributed by atoms with Gasteiger partial charge in [-0.3, -0.25) is 0 Å². The fraction of sp³-hybridized carbons (Fsp3) is 1.00. The largest absolute Gasteiger partial charge is 0.301 e. The second-order valence-corrected chi connectivity index (χ2v) is 3.43. The van der Waals surface area contributed by atoms with Gasteiger partial charge in [0.2, 0.25) is 4.33 Å². The maximum Gasteiger partial charge on any atom is 0.301 e. The summed E-state index contributed by atoms with van der Waals surface area (Å²) in [7, 11) is 0. The maximum absolute atomic E-state index is 11.9. The summed E-state index contributed by atoms with van der Waals surface area (Å²) in [5.74, 6) is -3.10. The molecule has 0 aromatic rings. The summed E-state index contributed by atoms with van der Waals surface area (Å²) in [5.41, 5.74) is 0. The molecule has 1 fully saturated rings. The van der Waals surface area contributed by atoms with Gasteiger partial charge in [0.1, 0.15) is 5.38 Å². The van der Waals surface area contributed by atoms with Crippen molar-refractivity contribution in [2.24, 2.45) is 0 Å². The molecule has 5 heteroatoms. The first kappa shape index (κ1) is 6.84. The Morgan fingerprint density at radius 1 is 1.25 bits per heavy atom. The quantitative estimate of drug-likeness (QED) is 0.504. The minimum Gasteiger partial charge on any atom is -0.201 e. The molecule has 1 unspecified atom stereocenters. The van der Waals surface area contributed by atoms with Crippen LogP contribution < -0.4 is 0 Å². The van der Waals surface area contributed by atoms with Gasteiger partial charge in [-0.1, -0.05) is 23.2 Å². The summed E-state index contributed by atoms with van der Waals surface area (Å²) in [6.45, 7) is 0. The van der Waals surface area contributed by atoms with E-state index in [1.54, 1.807) is 0 Å². The number of alkyl halides is 5. The van der Waals surface area contributed by atoms with Gasteiger partial charge in [-0.15, -0.1) is 11.6 Å². The highest BCUT2D eigenvalue weighted by molar-refractivity contribution is 6.57. The van der Waals surface area contributed by atoms with E-state index in [9.17, 15) is 8.78 Å². The van der Waals surface area contributed by atoms with Crippen LogP contribution in [0.2, 0.25) is 0 Å². The SMILES string of the molecule is FC1(F)C(Cl)C1(Cl)Cl. The van der Waals surface area contributed by atoms with Crippen LogP contribution in [-0.2, 0) is 0 Å². The predicted molar refractivity (Wildman–Crippen MR) is 29.0 cm³/mol. The van der Waals surface area contributed by atoms with Gasteiger partial charge in [-0.2, -0.15) is 0 Å². The van der Waals surface area contributed by atoms with Crippen LogP contribution in [0.25, 0.3) is 0 Å². The molecule has 1 aliphatic rings. The molecule has 48 valence electrons. The summed E-state index contributed by atoms with van der Waals surface area (Å²) < 4.78 is 21.8. The fourth-order valence-corrected chi connectivity index (χ4v) is 1.06. The minimum absolute atomic E-state index is 1.42. The van der Waals surface area contributed by atoms with Crippen molar-refractivity contribution in [3.05, 3.63) is 0 Å². The van der Waals surface area contributed by atoms with Crippen molar-refractivity contribution in [2.75, 3.05) is 0 Å². The Morgan fingerprint density at radius 3 is 1.38 bits per heavy atom. The maximum atomic E-state index is 11.9. The van der Waals surface area contributed by atoms with E-state index in [0.29, 0.717) is 0 Å². The Balaban J connectivity index is 2.72. The van der Waals surface area contributed by atoms with Gasteiger partial charge in [0.25, 0.3) is 0 Å². The second-order valence-electron chi connectivity index (χ2n) is 1.61. The van der Waals surface area contributed by atoms with Crippen molar-refractivity contribution in [1.82, 2.24) is 0 Å². The lowest BCUT2D eigenvalue weighted by atomic mass is 10.8. The van der Waals surface area contributed by atoms with E-state index < -0.39 is 15.6 Å². The highest BCUT2D eigenvalue weighted by Gasteiger charge is 2.80. The van der Waals surface area contributed by atoms with Gasteiger partial charge in [-0.05, 0) is 0 Å². The van der Waals surface area contributed by atoms with Crippen LogP contribution in [0.3, 0.4) is 0 Å². The zero-order chi connectivity index (χ0) is 6.58. The zero-order valence-corrected chi connectivity index (χ0v) is 5.73. The molecule has 0 aliphatic heterocycles. The van der Waals surface area contributed by atoms with E-state index >= 15 is 0 Å². The Hall–Kier alpha value is 0.730. The number of hydrogen-bond donors (Lipinski definition) is 0. The van der Waals surface area contributed by atoms with E-state index in [0.717, 1.165) is 0 Å². The van der Waals surface area contributed by atoms with E-state index in [1.807, 2.05) is 0 Å². The molecule has 0 radical (unpaired) electrons. The molecule has 0 N–H and O–H groups in total. The smallest absolute Gasteiger partial charge is 0.201 e. The van der Waals surface area contributed by atoms with Crippen LogP contribution in [0.5, 0.6) is 0 Å². The number of rotatable bonds is 0. The van der Waals surface area contributed by atoms with Gasteiger partial charge < -0.3 is 0 Å². The standard InChI is InChI=1S/C3HCl3F2/c4-1-2(5,6)3(1,7)8/h1H. The molecule has 8 heavy (non-hydrogen) atoms. The predicted octanol–water partition coefficient (Wildman–Crippen LogP) is 2.42. The Bertz CT molecular complexity index is 108. The summed E-state index contributed by atoms with van der Waals surface area (Å²) in [6, 6.07) is 0. The van der Waals surface area contributed by atoms with Gasteiger partial charge in [0.05, 0.1) is 0 Å². The lowest BCUT2D eigenvalue weighted by molar-refractivity contribution is 0.118. The third-order valence-electron chi connectivity index (χ3n) is 0.998. The first-order valence-electron chi connectivity index (χ1n) is 1.80. The lowest BCUT2D eigenvalue weighted by Crippen LogP contribution is -1.99. The van der Waals surface area contributed by atoms with Crippen LogP contribution in [0.15, 0.2) is 0 Å². The molecule has 1 atom stereocenters. The summed E-state index contributed by atoms with van der Waals surface area (Å²) in [5, 5.41) is -1.42. The first-order valence-corrected chi connectivity index (χ1v) is 2.99. The fourth-order valence-electron chi connectivity index (χ4n) is 0.306. The zero-order valence-electron chi connectivity index (χ0n) is 3.47. The van der Waals surface area contributed by atoms with E-state index in [2.05, 4.69) is 0 Å². The van der Waals surface area contributed by atoms with Gasteiger partial charge >= 0.3 is 5.92 Å². The molecule has 1 saturated carbocycles. The lowest BCUT2D eigenvalue weighted by Gasteiger charge is -1.89.